The van der Waals surface area contributed by atoms with E-state index >= 15 is 0 Å². The Labute approximate surface area is 105 Å². The van der Waals surface area contributed by atoms with Crippen LogP contribution in [0.1, 0.15) is 43.3 Å². The largest absolute Gasteiger partial charge is 0.338 e. The molecule has 0 aliphatic carbocycles. The Hall–Kier alpha value is -1.76. The van der Waals surface area contributed by atoms with E-state index in [1.165, 1.54) is 0 Å². The maximum absolute atomic E-state index is 5.19. The van der Waals surface area contributed by atoms with Crippen molar-refractivity contribution < 1.29 is 9.05 Å². The molecule has 0 fully saturated rings. The van der Waals surface area contributed by atoms with E-state index in [1.807, 2.05) is 0 Å². The molecule has 2 rings (SSSR count). The van der Waals surface area contributed by atoms with Crippen molar-refractivity contribution >= 4 is 0 Å². The fourth-order valence-corrected chi connectivity index (χ4v) is 1.66. The van der Waals surface area contributed by atoms with Gasteiger partial charge in [0.25, 0.3) is 0 Å². The van der Waals surface area contributed by atoms with E-state index in [0.29, 0.717) is 35.9 Å². The molecule has 98 valence electrons. The van der Waals surface area contributed by atoms with E-state index in [9.17, 15) is 0 Å². The first kappa shape index (κ1) is 12.7. The zero-order valence-electron chi connectivity index (χ0n) is 11.0. The zero-order valence-corrected chi connectivity index (χ0v) is 11.0. The van der Waals surface area contributed by atoms with Gasteiger partial charge in [-0.3, -0.25) is 5.32 Å². The second kappa shape index (κ2) is 5.26. The molecule has 2 heterocycles. The lowest BCUT2D eigenvalue weighted by Gasteiger charge is -2.17. The van der Waals surface area contributed by atoms with Gasteiger partial charge in [0.05, 0.1) is 12.6 Å². The van der Waals surface area contributed by atoms with Crippen LogP contribution in [0.25, 0.3) is 0 Å². The molecule has 0 radical (unpaired) electrons. The fraction of sp³-hybridized carbons (Fsp3) is 0.636. The van der Waals surface area contributed by atoms with Crippen LogP contribution in [0.2, 0.25) is 0 Å². The molecule has 0 spiro atoms. The fourth-order valence-electron chi connectivity index (χ4n) is 1.66. The number of hydrogen-bond donors (Lipinski definition) is 1. The van der Waals surface area contributed by atoms with Crippen LogP contribution < -0.4 is 5.32 Å². The van der Waals surface area contributed by atoms with Gasteiger partial charge in [-0.2, -0.15) is 9.97 Å². The van der Waals surface area contributed by atoms with Crippen molar-refractivity contribution in [2.45, 2.75) is 40.3 Å². The van der Waals surface area contributed by atoms with Gasteiger partial charge in [-0.05, 0) is 19.8 Å². The van der Waals surface area contributed by atoms with Gasteiger partial charge in [0.2, 0.25) is 11.8 Å². The highest BCUT2D eigenvalue weighted by atomic mass is 16.5. The Bertz CT molecular complexity index is 505. The molecule has 2 aromatic heterocycles. The second-order valence-electron chi connectivity index (χ2n) is 4.52. The van der Waals surface area contributed by atoms with Gasteiger partial charge in [0.1, 0.15) is 0 Å². The average Bonchev–Trinajstić information content (AvgIpc) is 2.88. The monoisotopic (exact) mass is 251 g/mol. The highest BCUT2D eigenvalue weighted by molar-refractivity contribution is 4.94. The van der Waals surface area contributed by atoms with Crippen molar-refractivity contribution in [1.29, 1.82) is 0 Å². The maximum Gasteiger partial charge on any atom is 0.244 e. The summed E-state index contributed by atoms with van der Waals surface area (Å²) >= 11 is 0. The summed E-state index contributed by atoms with van der Waals surface area (Å²) in [4.78, 5) is 8.38. The lowest BCUT2D eigenvalue weighted by molar-refractivity contribution is 0.274. The minimum Gasteiger partial charge on any atom is -0.338 e. The van der Waals surface area contributed by atoms with Gasteiger partial charge in [-0.25, -0.2) is 0 Å². The molecule has 0 amide bonds. The Balaban J connectivity index is 2.03. The summed E-state index contributed by atoms with van der Waals surface area (Å²) in [6, 6.07) is -0.0293. The summed E-state index contributed by atoms with van der Waals surface area (Å²) in [7, 11) is 0. The predicted molar refractivity (Wildman–Crippen MR) is 62.5 cm³/mol. The van der Waals surface area contributed by atoms with Crippen LogP contribution in [-0.4, -0.2) is 20.3 Å². The molecule has 0 unspecified atom stereocenters. The number of nitrogens with zero attached hydrogens (tertiary/aromatic N) is 4. The molecule has 0 aliphatic rings. The highest BCUT2D eigenvalue weighted by Crippen LogP contribution is 2.20. The number of nitrogens with one attached hydrogen (secondary N) is 1. The van der Waals surface area contributed by atoms with E-state index in [2.05, 4.69) is 39.4 Å². The van der Waals surface area contributed by atoms with Crippen LogP contribution in [-0.2, 0) is 6.54 Å². The maximum atomic E-state index is 5.19. The van der Waals surface area contributed by atoms with Crippen molar-refractivity contribution in [2.24, 2.45) is 5.92 Å². The molecule has 2 aromatic rings. The molecule has 0 saturated carbocycles. The predicted octanol–water partition coefficient (Wildman–Crippen LogP) is 1.56. The van der Waals surface area contributed by atoms with E-state index in [4.69, 9.17) is 9.05 Å². The minimum atomic E-state index is -0.0293. The number of rotatable bonds is 5. The van der Waals surface area contributed by atoms with Gasteiger partial charge in [-0.15, -0.1) is 0 Å². The SMILES string of the molecule is Cc1noc(CN[C@H](c2nc(C)no2)C(C)C)n1. The standard InChI is InChI=1S/C11H17N5O2/c1-6(2)10(11-14-8(4)16-18-11)12-5-9-13-7(3)15-17-9/h6,10,12H,5H2,1-4H3/t10-/m0/s1. The lowest BCUT2D eigenvalue weighted by Crippen LogP contribution is -2.25. The summed E-state index contributed by atoms with van der Waals surface area (Å²) in [6.45, 7) is 8.22. The third-order valence-corrected chi connectivity index (χ3v) is 2.52. The van der Waals surface area contributed by atoms with Gasteiger partial charge in [-0.1, -0.05) is 24.2 Å². The molecule has 1 N–H and O–H groups in total. The van der Waals surface area contributed by atoms with Gasteiger partial charge in [0.15, 0.2) is 11.6 Å². The molecular formula is C11H17N5O2. The van der Waals surface area contributed by atoms with E-state index in [0.717, 1.165) is 0 Å². The Morgan fingerprint density at radius 2 is 1.72 bits per heavy atom. The van der Waals surface area contributed by atoms with Crippen molar-refractivity contribution in [3.05, 3.63) is 23.4 Å². The number of aryl methyl sites for hydroxylation is 2. The Morgan fingerprint density at radius 1 is 1.06 bits per heavy atom. The average molecular weight is 251 g/mol. The zero-order chi connectivity index (χ0) is 13.1. The van der Waals surface area contributed by atoms with Crippen LogP contribution in [0.15, 0.2) is 9.05 Å². The highest BCUT2D eigenvalue weighted by Gasteiger charge is 2.22. The first-order valence-electron chi connectivity index (χ1n) is 5.89. The molecule has 18 heavy (non-hydrogen) atoms. The molecular weight excluding hydrogens is 234 g/mol. The summed E-state index contributed by atoms with van der Waals surface area (Å²) < 4.78 is 10.2. The third-order valence-electron chi connectivity index (χ3n) is 2.52. The lowest BCUT2D eigenvalue weighted by atomic mass is 10.0. The van der Waals surface area contributed by atoms with Crippen LogP contribution in [0.5, 0.6) is 0 Å². The first-order chi connectivity index (χ1) is 8.56. The van der Waals surface area contributed by atoms with Crippen molar-refractivity contribution in [3.63, 3.8) is 0 Å². The summed E-state index contributed by atoms with van der Waals surface area (Å²) in [6.07, 6.45) is 0. The van der Waals surface area contributed by atoms with Gasteiger partial charge >= 0.3 is 0 Å². The molecule has 7 nitrogen and oxygen atoms in total. The Morgan fingerprint density at radius 3 is 2.22 bits per heavy atom. The van der Waals surface area contributed by atoms with Gasteiger partial charge in [0, 0.05) is 0 Å². The molecule has 7 heteroatoms. The molecule has 0 bridgehead atoms. The molecule has 0 aliphatic heterocycles. The van der Waals surface area contributed by atoms with Crippen molar-refractivity contribution in [1.82, 2.24) is 25.6 Å². The topological polar surface area (TPSA) is 89.9 Å². The summed E-state index contributed by atoms with van der Waals surface area (Å²) in [5.41, 5.74) is 0. The smallest absolute Gasteiger partial charge is 0.244 e. The molecule has 1 atom stereocenters. The van der Waals surface area contributed by atoms with Crippen LogP contribution in [0.4, 0.5) is 0 Å². The normalized spacial score (nSPS) is 13.2. The van der Waals surface area contributed by atoms with Crippen molar-refractivity contribution in [2.75, 3.05) is 0 Å². The summed E-state index contributed by atoms with van der Waals surface area (Å²) in [5, 5.41) is 10.8. The molecule has 0 aromatic carbocycles. The Kier molecular flexibility index (Phi) is 3.71. The van der Waals surface area contributed by atoms with Crippen LogP contribution >= 0.6 is 0 Å². The number of aromatic nitrogens is 4. The van der Waals surface area contributed by atoms with Crippen molar-refractivity contribution in [3.8, 4) is 0 Å². The minimum absolute atomic E-state index is 0.0293. The van der Waals surface area contributed by atoms with Gasteiger partial charge < -0.3 is 9.05 Å². The van der Waals surface area contributed by atoms with Crippen LogP contribution in [0, 0.1) is 19.8 Å². The van der Waals surface area contributed by atoms with Crippen LogP contribution in [0.3, 0.4) is 0 Å². The first-order valence-corrected chi connectivity index (χ1v) is 5.89. The van der Waals surface area contributed by atoms with E-state index < -0.39 is 0 Å². The second-order valence-corrected chi connectivity index (χ2v) is 4.52. The van der Waals surface area contributed by atoms with E-state index in [1.54, 1.807) is 13.8 Å². The summed E-state index contributed by atoms with van der Waals surface area (Å²) in [5.74, 6) is 2.70. The molecule has 0 saturated heterocycles. The third kappa shape index (κ3) is 2.92. The number of hydrogen-bond acceptors (Lipinski definition) is 7. The van der Waals surface area contributed by atoms with E-state index in [-0.39, 0.29) is 6.04 Å². The quantitative estimate of drug-likeness (QED) is 0.862.